The van der Waals surface area contributed by atoms with Crippen molar-refractivity contribution in [2.24, 2.45) is 11.8 Å². The monoisotopic (exact) mass is 1010 g/mol. The molecule has 18 nitrogen and oxygen atoms in total. The van der Waals surface area contributed by atoms with Crippen molar-refractivity contribution in [1.82, 2.24) is 30.5 Å². The van der Waals surface area contributed by atoms with Gasteiger partial charge >= 0.3 is 30.2 Å². The summed E-state index contributed by atoms with van der Waals surface area (Å²) in [6.45, 7) is 21.7. The Hall–Kier alpha value is -7.21. The number of nitrogens with one attached hydrogen (secondary N) is 3. The first-order valence-corrected chi connectivity index (χ1v) is 24.5. The van der Waals surface area contributed by atoms with Crippen LogP contribution in [0.2, 0.25) is 0 Å². The number of nitrogens with two attached hydrogens (primary N) is 1. The SMILES string of the molecule is CC(C)C(NC(=O)OC(C)(C)C)C(=O)OC1C(OC(=O)C(NC(=O)OC(C)(C)C)C(C)C)C(c2c[nH]c3c(N)ncnc23)N(C(=O)OC(C)(C)C)C1COC(c1ccccc1)(c1ccccc1)c1ccccc1. The Labute approximate surface area is 427 Å². The van der Waals surface area contributed by atoms with E-state index in [1.165, 1.54) is 11.2 Å². The summed E-state index contributed by atoms with van der Waals surface area (Å²) < 4.78 is 38.0. The van der Waals surface area contributed by atoms with Gasteiger partial charge in [-0.15, -0.1) is 0 Å². The lowest BCUT2D eigenvalue weighted by Gasteiger charge is -2.39. The summed E-state index contributed by atoms with van der Waals surface area (Å²) in [5, 5.41) is 5.33. The maximum atomic E-state index is 15.4. The molecule has 0 saturated carbocycles. The van der Waals surface area contributed by atoms with Gasteiger partial charge in [0.15, 0.2) is 18.0 Å². The maximum Gasteiger partial charge on any atom is 0.411 e. The van der Waals surface area contributed by atoms with E-state index in [9.17, 15) is 14.4 Å². The molecule has 18 heteroatoms. The third kappa shape index (κ3) is 13.3. The third-order valence-corrected chi connectivity index (χ3v) is 11.8. The Bertz CT molecular complexity index is 2600. The van der Waals surface area contributed by atoms with Gasteiger partial charge in [-0.3, -0.25) is 4.90 Å². The number of anilines is 1. The first-order chi connectivity index (χ1) is 34.2. The maximum absolute atomic E-state index is 15.4. The highest BCUT2D eigenvalue weighted by atomic mass is 16.6. The topological polar surface area (TPSA) is 236 Å². The fourth-order valence-electron chi connectivity index (χ4n) is 8.73. The molecule has 2 aromatic heterocycles. The number of esters is 2. The minimum absolute atomic E-state index is 0.0854. The number of aromatic nitrogens is 3. The van der Waals surface area contributed by atoms with Gasteiger partial charge in [-0.2, -0.15) is 0 Å². The molecule has 1 aliphatic heterocycles. The van der Waals surface area contributed by atoms with Crippen molar-refractivity contribution in [1.29, 1.82) is 0 Å². The van der Waals surface area contributed by atoms with Crippen molar-refractivity contribution in [3.05, 3.63) is 126 Å². The number of fused-ring (bicyclic) bond motifs is 1. The fraction of sp³-hybridized carbons (Fsp3) is 0.473. The standard InChI is InChI=1S/C55H71N7O11/c1-32(2)39(60-49(65)71-52(5,6)7)47(63)69-44-38(30-68-55(34-23-17-14-18-24-34,35-25-19-15-20-26-35)36-27-21-16-22-28-36)62(51(67)73-54(11,12)13)43(37-29-57-42-41(37)58-31-59-46(42)56)45(44)70-48(64)40(33(3)4)61-50(66)72-53(8,9)10/h14-29,31-33,38-40,43-45,57H,30H2,1-13H3,(H,60,65)(H,61,66)(H2,56,58,59). The van der Waals surface area contributed by atoms with E-state index >= 15 is 9.59 Å². The second-order valence-electron chi connectivity index (χ2n) is 21.8. The van der Waals surface area contributed by atoms with E-state index in [-0.39, 0.29) is 16.9 Å². The Kier molecular flexibility index (Phi) is 16.8. The van der Waals surface area contributed by atoms with Gasteiger partial charge < -0.3 is 49.8 Å². The number of carbonyl (C=O) groups is 5. The molecule has 5 N–H and O–H groups in total. The lowest BCUT2D eigenvalue weighted by atomic mass is 9.80. The number of likely N-dealkylation sites (tertiary alicyclic amines) is 1. The molecule has 392 valence electrons. The van der Waals surface area contributed by atoms with Crippen molar-refractivity contribution in [2.75, 3.05) is 12.3 Å². The largest absolute Gasteiger partial charge is 0.454 e. The van der Waals surface area contributed by atoms with Crippen LogP contribution in [0.15, 0.2) is 104 Å². The molecule has 73 heavy (non-hydrogen) atoms. The quantitative estimate of drug-likeness (QED) is 0.0435. The molecule has 0 radical (unpaired) electrons. The van der Waals surface area contributed by atoms with Crippen LogP contribution in [-0.4, -0.2) is 104 Å². The summed E-state index contributed by atoms with van der Waals surface area (Å²) in [7, 11) is 0. The number of aromatic amines is 1. The molecule has 3 heterocycles. The predicted octanol–water partition coefficient (Wildman–Crippen LogP) is 9.13. The molecule has 0 spiro atoms. The molecule has 6 unspecified atom stereocenters. The fourth-order valence-corrected chi connectivity index (χ4v) is 8.73. The van der Waals surface area contributed by atoms with Gasteiger partial charge in [0, 0.05) is 11.8 Å². The van der Waals surface area contributed by atoms with E-state index in [4.69, 9.17) is 34.2 Å². The van der Waals surface area contributed by atoms with Gasteiger partial charge in [0.1, 0.15) is 58.4 Å². The Morgan fingerprint density at radius 2 is 1.05 bits per heavy atom. The van der Waals surface area contributed by atoms with Crippen molar-refractivity contribution in [3.8, 4) is 0 Å². The van der Waals surface area contributed by atoms with Gasteiger partial charge in [0.25, 0.3) is 0 Å². The van der Waals surface area contributed by atoms with Crippen LogP contribution < -0.4 is 16.4 Å². The van der Waals surface area contributed by atoms with Crippen LogP contribution in [-0.2, 0) is 43.6 Å². The van der Waals surface area contributed by atoms with E-state index in [0.29, 0.717) is 5.52 Å². The van der Waals surface area contributed by atoms with Gasteiger partial charge in [-0.05, 0) is 90.8 Å². The molecule has 5 aromatic rings. The highest BCUT2D eigenvalue weighted by Gasteiger charge is 2.59. The molecular formula is C55H71N7O11. The Morgan fingerprint density at radius 1 is 0.630 bits per heavy atom. The number of hydrogen-bond donors (Lipinski definition) is 4. The highest BCUT2D eigenvalue weighted by molar-refractivity contribution is 5.89. The number of benzene rings is 3. The first-order valence-electron chi connectivity index (χ1n) is 24.5. The smallest absolute Gasteiger partial charge is 0.411 e. The van der Waals surface area contributed by atoms with Crippen LogP contribution in [0.5, 0.6) is 0 Å². The Balaban J connectivity index is 1.63. The summed E-state index contributed by atoms with van der Waals surface area (Å²) in [6, 6.07) is 23.2. The van der Waals surface area contributed by atoms with Crippen LogP contribution in [0, 0.1) is 11.8 Å². The summed E-state index contributed by atoms with van der Waals surface area (Å²) in [5.41, 5.74) is 5.09. The van der Waals surface area contributed by atoms with Crippen LogP contribution in [0.3, 0.4) is 0 Å². The zero-order valence-electron chi connectivity index (χ0n) is 44.1. The molecule has 0 aliphatic carbocycles. The van der Waals surface area contributed by atoms with Crippen LogP contribution >= 0.6 is 0 Å². The lowest BCUT2D eigenvalue weighted by Crippen LogP contribution is -2.53. The Morgan fingerprint density at radius 3 is 1.47 bits per heavy atom. The molecule has 6 rings (SSSR count). The number of nitrogen functional groups attached to an aromatic ring is 1. The normalized spacial score (nSPS) is 18.2. The van der Waals surface area contributed by atoms with Crippen LogP contribution in [0.4, 0.5) is 20.2 Å². The van der Waals surface area contributed by atoms with E-state index in [0.717, 1.165) is 16.7 Å². The molecule has 0 bridgehead atoms. The predicted molar refractivity (Wildman–Crippen MR) is 274 cm³/mol. The van der Waals surface area contributed by atoms with Crippen molar-refractivity contribution in [2.45, 2.75) is 149 Å². The number of hydrogen-bond acceptors (Lipinski definition) is 14. The summed E-state index contributed by atoms with van der Waals surface area (Å²) in [6.07, 6.45) is -3.06. The second kappa shape index (κ2) is 22.3. The average molecular weight is 1010 g/mol. The van der Waals surface area contributed by atoms with Crippen LogP contribution in [0.1, 0.15) is 118 Å². The van der Waals surface area contributed by atoms with E-state index < -0.39 is 107 Å². The third-order valence-electron chi connectivity index (χ3n) is 11.8. The number of H-pyrrole nitrogens is 1. The number of amides is 3. The van der Waals surface area contributed by atoms with Gasteiger partial charge in [-0.25, -0.2) is 33.9 Å². The van der Waals surface area contributed by atoms with E-state index in [1.807, 2.05) is 91.0 Å². The van der Waals surface area contributed by atoms with Crippen molar-refractivity contribution >= 4 is 47.1 Å². The molecule has 1 saturated heterocycles. The van der Waals surface area contributed by atoms with Gasteiger partial charge in [-0.1, -0.05) is 119 Å². The summed E-state index contributed by atoms with van der Waals surface area (Å²) >= 11 is 0. The van der Waals surface area contributed by atoms with Crippen LogP contribution in [0.25, 0.3) is 11.0 Å². The lowest BCUT2D eigenvalue weighted by molar-refractivity contribution is -0.172. The summed E-state index contributed by atoms with van der Waals surface area (Å²) in [4.78, 5) is 85.3. The number of alkyl carbamates (subject to hydrolysis) is 2. The zero-order chi connectivity index (χ0) is 53.6. The zero-order valence-corrected chi connectivity index (χ0v) is 44.1. The minimum Gasteiger partial charge on any atom is -0.454 e. The molecule has 1 fully saturated rings. The van der Waals surface area contributed by atoms with Gasteiger partial charge in [0.2, 0.25) is 0 Å². The molecular weight excluding hydrogens is 935 g/mol. The number of ether oxygens (including phenoxy) is 6. The van der Waals surface area contributed by atoms with Crippen molar-refractivity contribution in [3.63, 3.8) is 0 Å². The van der Waals surface area contributed by atoms with Gasteiger partial charge in [0.05, 0.1) is 12.1 Å². The highest BCUT2D eigenvalue weighted by Crippen LogP contribution is 2.47. The molecule has 6 atom stereocenters. The molecule has 1 aliphatic rings. The molecule has 3 amide bonds. The van der Waals surface area contributed by atoms with E-state index in [1.54, 1.807) is 96.2 Å². The second-order valence-corrected chi connectivity index (χ2v) is 21.8. The summed E-state index contributed by atoms with van der Waals surface area (Å²) in [5.74, 6) is -2.96. The number of carbonyl (C=O) groups excluding carboxylic acids is 5. The average Bonchev–Trinajstić information content (AvgIpc) is 3.86. The number of rotatable bonds is 15. The first kappa shape index (κ1) is 55.1. The van der Waals surface area contributed by atoms with E-state index in [2.05, 4.69) is 25.6 Å². The van der Waals surface area contributed by atoms with Crippen molar-refractivity contribution < 1.29 is 52.4 Å². The minimum atomic E-state index is -1.61. The number of nitrogens with zero attached hydrogens (tertiary/aromatic N) is 3. The molecule has 3 aromatic carbocycles.